The minimum atomic E-state index is -1.62. The molecule has 0 aliphatic carbocycles. The first-order valence-corrected chi connectivity index (χ1v) is 8.79. The standard InChI is InChI=1S/C21H23NO4/c1-16-12-13-22(19(23)14-17-8-4-2-5-9-17)21(16,20(24)25)26-15-18-10-6-3-7-11-18/h2-11,16H,12-15H2,1H3,(H,24,25)/t16?,21-/m1/s1. The van der Waals surface area contributed by atoms with E-state index in [0.29, 0.717) is 13.0 Å². The number of ether oxygens (including phenoxy) is 1. The number of carboxylic acid groups (broad SMARTS) is 1. The van der Waals surface area contributed by atoms with E-state index in [1.807, 2.05) is 67.6 Å². The number of amides is 1. The Morgan fingerprint density at radius 2 is 1.65 bits per heavy atom. The van der Waals surface area contributed by atoms with E-state index in [1.54, 1.807) is 0 Å². The summed E-state index contributed by atoms with van der Waals surface area (Å²) in [5.74, 6) is -1.63. The largest absolute Gasteiger partial charge is 0.478 e. The van der Waals surface area contributed by atoms with Gasteiger partial charge < -0.3 is 14.7 Å². The van der Waals surface area contributed by atoms with Crippen LogP contribution in [-0.2, 0) is 27.4 Å². The van der Waals surface area contributed by atoms with Crippen LogP contribution in [0.15, 0.2) is 60.7 Å². The molecule has 3 rings (SSSR count). The van der Waals surface area contributed by atoms with Crippen LogP contribution in [0.1, 0.15) is 24.5 Å². The Labute approximate surface area is 153 Å². The molecule has 0 radical (unpaired) electrons. The number of likely N-dealkylation sites (tertiary alicyclic amines) is 1. The summed E-state index contributed by atoms with van der Waals surface area (Å²) in [5, 5.41) is 9.98. The van der Waals surface area contributed by atoms with Gasteiger partial charge in [0.2, 0.25) is 11.6 Å². The van der Waals surface area contributed by atoms with Crippen molar-refractivity contribution >= 4 is 11.9 Å². The summed E-state index contributed by atoms with van der Waals surface area (Å²) in [6.07, 6.45) is 0.763. The van der Waals surface area contributed by atoms with Gasteiger partial charge in [-0.3, -0.25) is 4.79 Å². The maximum atomic E-state index is 12.9. The Kier molecular flexibility index (Phi) is 5.38. The monoisotopic (exact) mass is 353 g/mol. The van der Waals surface area contributed by atoms with E-state index in [0.717, 1.165) is 11.1 Å². The van der Waals surface area contributed by atoms with Crippen molar-refractivity contribution in [2.45, 2.75) is 32.1 Å². The second-order valence-corrected chi connectivity index (χ2v) is 6.67. The summed E-state index contributed by atoms with van der Waals surface area (Å²) in [6.45, 7) is 2.36. The highest BCUT2D eigenvalue weighted by molar-refractivity contribution is 5.88. The molecule has 1 fully saturated rings. The molecule has 26 heavy (non-hydrogen) atoms. The van der Waals surface area contributed by atoms with Crippen LogP contribution in [-0.4, -0.2) is 34.2 Å². The van der Waals surface area contributed by atoms with Gasteiger partial charge in [-0.05, 0) is 17.5 Å². The lowest BCUT2D eigenvalue weighted by Gasteiger charge is -2.37. The highest BCUT2D eigenvalue weighted by atomic mass is 16.5. The third-order valence-electron chi connectivity index (χ3n) is 4.96. The molecule has 0 aromatic heterocycles. The summed E-state index contributed by atoms with van der Waals surface area (Å²) in [7, 11) is 0. The Hall–Kier alpha value is -2.66. The number of carbonyl (C=O) groups is 2. The van der Waals surface area contributed by atoms with Gasteiger partial charge in [-0.2, -0.15) is 0 Å². The molecule has 1 unspecified atom stereocenters. The lowest BCUT2D eigenvalue weighted by Crippen LogP contribution is -2.58. The normalized spacial score (nSPS) is 22.3. The van der Waals surface area contributed by atoms with E-state index < -0.39 is 11.7 Å². The summed E-state index contributed by atoms with van der Waals surface area (Å²) >= 11 is 0. The summed E-state index contributed by atoms with van der Waals surface area (Å²) in [4.78, 5) is 26.5. The molecule has 0 bridgehead atoms. The van der Waals surface area contributed by atoms with Crippen LogP contribution in [0.5, 0.6) is 0 Å². The Balaban J connectivity index is 1.82. The summed E-state index contributed by atoms with van der Waals surface area (Å²) in [6, 6.07) is 18.8. The molecule has 0 spiro atoms. The first kappa shape index (κ1) is 18.1. The van der Waals surface area contributed by atoms with Crippen molar-refractivity contribution in [3.05, 3.63) is 71.8 Å². The second kappa shape index (κ2) is 7.70. The summed E-state index contributed by atoms with van der Waals surface area (Å²) < 4.78 is 5.93. The molecule has 1 saturated heterocycles. The molecule has 5 nitrogen and oxygen atoms in total. The molecular weight excluding hydrogens is 330 g/mol. The van der Waals surface area contributed by atoms with Crippen molar-refractivity contribution in [1.29, 1.82) is 0 Å². The lowest BCUT2D eigenvalue weighted by molar-refractivity contribution is -0.205. The van der Waals surface area contributed by atoms with Gasteiger partial charge >= 0.3 is 5.97 Å². The van der Waals surface area contributed by atoms with Gasteiger partial charge in [0.15, 0.2) is 0 Å². The van der Waals surface area contributed by atoms with Crippen LogP contribution in [0.25, 0.3) is 0 Å². The van der Waals surface area contributed by atoms with E-state index in [2.05, 4.69) is 0 Å². The molecule has 2 aromatic carbocycles. The van der Waals surface area contributed by atoms with Crippen LogP contribution in [0.4, 0.5) is 0 Å². The second-order valence-electron chi connectivity index (χ2n) is 6.67. The predicted octanol–water partition coefficient (Wildman–Crippen LogP) is 3.10. The number of aliphatic carboxylic acids is 1. The van der Waals surface area contributed by atoms with Gasteiger partial charge in [0.25, 0.3) is 0 Å². The average Bonchev–Trinajstić information content (AvgIpc) is 2.99. The molecule has 5 heteroatoms. The quantitative estimate of drug-likeness (QED) is 0.867. The zero-order chi connectivity index (χ0) is 18.6. The fraction of sp³-hybridized carbons (Fsp3) is 0.333. The lowest BCUT2D eigenvalue weighted by atomic mass is 9.97. The van der Waals surface area contributed by atoms with Crippen LogP contribution in [0, 0.1) is 5.92 Å². The van der Waals surface area contributed by atoms with Crippen LogP contribution in [0.2, 0.25) is 0 Å². The summed E-state index contributed by atoms with van der Waals surface area (Å²) in [5.41, 5.74) is 0.115. The van der Waals surface area contributed by atoms with Crippen molar-refractivity contribution < 1.29 is 19.4 Å². The molecule has 1 aliphatic heterocycles. The third kappa shape index (κ3) is 3.48. The molecule has 2 atom stereocenters. The highest BCUT2D eigenvalue weighted by Gasteiger charge is 2.56. The van der Waals surface area contributed by atoms with Crippen molar-refractivity contribution in [2.24, 2.45) is 5.92 Å². The molecule has 1 aliphatic rings. The van der Waals surface area contributed by atoms with Gasteiger partial charge in [0.1, 0.15) is 0 Å². The molecular formula is C21H23NO4. The number of nitrogens with zero attached hydrogens (tertiary/aromatic N) is 1. The van der Waals surface area contributed by atoms with Gasteiger partial charge in [-0.1, -0.05) is 67.6 Å². The predicted molar refractivity (Wildman–Crippen MR) is 97.2 cm³/mol. The number of rotatable bonds is 6. The number of benzene rings is 2. The SMILES string of the molecule is CC1CCN(C(=O)Cc2ccccc2)[C@]1(OCc1ccccc1)C(=O)O. The zero-order valence-corrected chi connectivity index (χ0v) is 14.8. The molecule has 2 aromatic rings. The molecule has 1 N–H and O–H groups in total. The fourth-order valence-electron chi connectivity index (χ4n) is 3.50. The number of hydrogen-bond donors (Lipinski definition) is 1. The maximum absolute atomic E-state index is 12.9. The minimum Gasteiger partial charge on any atom is -0.478 e. The van der Waals surface area contributed by atoms with Crippen LogP contribution in [0.3, 0.4) is 0 Å². The molecule has 136 valence electrons. The first-order valence-electron chi connectivity index (χ1n) is 8.79. The van der Waals surface area contributed by atoms with Crippen LogP contribution >= 0.6 is 0 Å². The minimum absolute atomic E-state index is 0.145. The average molecular weight is 353 g/mol. The number of carbonyl (C=O) groups excluding carboxylic acids is 1. The van der Waals surface area contributed by atoms with Crippen molar-refractivity contribution in [3.63, 3.8) is 0 Å². The van der Waals surface area contributed by atoms with Gasteiger partial charge in [0, 0.05) is 12.5 Å². The van der Waals surface area contributed by atoms with E-state index >= 15 is 0 Å². The van der Waals surface area contributed by atoms with E-state index in [9.17, 15) is 14.7 Å². The zero-order valence-electron chi connectivity index (χ0n) is 14.8. The fourth-order valence-corrected chi connectivity index (χ4v) is 3.50. The smallest absolute Gasteiger partial charge is 0.357 e. The third-order valence-corrected chi connectivity index (χ3v) is 4.96. The van der Waals surface area contributed by atoms with Gasteiger partial charge in [-0.15, -0.1) is 0 Å². The Morgan fingerprint density at radius 3 is 2.23 bits per heavy atom. The van der Waals surface area contributed by atoms with Crippen molar-refractivity contribution in [2.75, 3.05) is 6.54 Å². The van der Waals surface area contributed by atoms with Crippen LogP contribution < -0.4 is 0 Å². The topological polar surface area (TPSA) is 66.8 Å². The molecule has 1 amide bonds. The van der Waals surface area contributed by atoms with E-state index in [1.165, 1.54) is 4.90 Å². The number of carboxylic acids is 1. The van der Waals surface area contributed by atoms with Crippen molar-refractivity contribution in [1.82, 2.24) is 4.90 Å². The molecule has 0 saturated carbocycles. The van der Waals surface area contributed by atoms with E-state index in [4.69, 9.17) is 4.74 Å². The first-order chi connectivity index (χ1) is 12.5. The van der Waals surface area contributed by atoms with Gasteiger partial charge in [-0.25, -0.2) is 4.79 Å². The maximum Gasteiger partial charge on any atom is 0.357 e. The highest BCUT2D eigenvalue weighted by Crippen LogP contribution is 2.37. The molecule has 1 heterocycles. The van der Waals surface area contributed by atoms with Gasteiger partial charge in [0.05, 0.1) is 13.0 Å². The van der Waals surface area contributed by atoms with E-state index in [-0.39, 0.29) is 24.9 Å². The Morgan fingerprint density at radius 1 is 1.08 bits per heavy atom. The Bertz CT molecular complexity index is 762. The number of hydrogen-bond acceptors (Lipinski definition) is 3. The van der Waals surface area contributed by atoms with Crippen molar-refractivity contribution in [3.8, 4) is 0 Å².